The van der Waals surface area contributed by atoms with E-state index in [2.05, 4.69) is 0 Å². The number of hydrogen-bond donors (Lipinski definition) is 3. The Bertz CT molecular complexity index is 1700. The Labute approximate surface area is 239 Å². The number of nitrogens with zero attached hydrogens (tertiary/aromatic N) is 1. The molecule has 0 bridgehead atoms. The van der Waals surface area contributed by atoms with Crippen LogP contribution >= 0.6 is 11.6 Å². The predicted molar refractivity (Wildman–Crippen MR) is 149 cm³/mol. The molecular formula is C31H27ClN2O7. The molecule has 0 heterocycles. The van der Waals surface area contributed by atoms with Crippen LogP contribution in [0.25, 0.3) is 21.9 Å². The summed E-state index contributed by atoms with van der Waals surface area (Å²) in [5.74, 6) is -10.6. The van der Waals surface area contributed by atoms with E-state index < -0.39 is 64.4 Å². The molecule has 0 saturated heterocycles. The molecular weight excluding hydrogens is 548 g/mol. The standard InChI is InChI=1S/C31H27ClN2O7/c1-34(2)24-20-12-17-10-16-9-15-4-3-14(13-5-7-18(32)8-6-13)11-19(15)25(35)21(16)26(36)22(17)28(38)31(20,41)29(39)23(27(24)37)30(33)40/h3-9,11,17,20,22-24,35,41H,10,12H2,1-2H3,(H2,33,40)/t17-,20-,22?,23?,24-,31-/m0/s1. The molecule has 9 nitrogen and oxygen atoms in total. The number of Topliss-reactive ketones (excluding diaryl/α,β-unsaturated/α-hetero) is 4. The first kappa shape index (κ1) is 27.3. The minimum Gasteiger partial charge on any atom is -0.507 e. The van der Waals surface area contributed by atoms with Crippen LogP contribution in [-0.2, 0) is 25.6 Å². The van der Waals surface area contributed by atoms with Crippen molar-refractivity contribution >= 4 is 51.4 Å². The minimum absolute atomic E-state index is 0.0121. The van der Waals surface area contributed by atoms with Crippen molar-refractivity contribution in [1.82, 2.24) is 4.90 Å². The number of primary amides is 1. The van der Waals surface area contributed by atoms with Gasteiger partial charge in [-0.3, -0.25) is 28.9 Å². The van der Waals surface area contributed by atoms with Crippen LogP contribution in [-0.4, -0.2) is 69.9 Å². The number of fused-ring (bicyclic) bond motifs is 4. The molecule has 41 heavy (non-hydrogen) atoms. The Kier molecular flexibility index (Phi) is 6.19. The number of carbonyl (C=O) groups excluding carboxylic acids is 5. The number of phenols is 1. The van der Waals surface area contributed by atoms with Gasteiger partial charge >= 0.3 is 0 Å². The molecule has 6 rings (SSSR count). The number of benzene rings is 3. The lowest BCUT2D eigenvalue weighted by molar-refractivity contribution is -0.181. The number of hydrogen-bond acceptors (Lipinski definition) is 8. The van der Waals surface area contributed by atoms with Gasteiger partial charge in [-0.1, -0.05) is 41.9 Å². The Morgan fingerprint density at radius 1 is 1.00 bits per heavy atom. The van der Waals surface area contributed by atoms with Crippen molar-refractivity contribution in [2.45, 2.75) is 24.5 Å². The van der Waals surface area contributed by atoms with Crippen LogP contribution in [0, 0.1) is 23.7 Å². The third kappa shape index (κ3) is 3.80. The number of amides is 1. The monoisotopic (exact) mass is 574 g/mol. The largest absolute Gasteiger partial charge is 0.507 e. The highest BCUT2D eigenvalue weighted by Gasteiger charge is 2.69. The van der Waals surface area contributed by atoms with E-state index in [1.165, 1.54) is 4.90 Å². The van der Waals surface area contributed by atoms with Gasteiger partial charge in [-0.25, -0.2) is 0 Å². The molecule has 4 N–H and O–H groups in total. The van der Waals surface area contributed by atoms with Crippen molar-refractivity contribution in [2.24, 2.45) is 29.4 Å². The summed E-state index contributed by atoms with van der Waals surface area (Å²) >= 11 is 6.01. The van der Waals surface area contributed by atoms with E-state index in [0.717, 1.165) is 11.1 Å². The maximum Gasteiger partial charge on any atom is 0.235 e. The molecule has 210 valence electrons. The van der Waals surface area contributed by atoms with Crippen LogP contribution in [0.2, 0.25) is 5.02 Å². The van der Waals surface area contributed by atoms with Crippen molar-refractivity contribution in [2.75, 3.05) is 14.1 Å². The number of carbonyl (C=O) groups is 5. The van der Waals surface area contributed by atoms with Gasteiger partial charge in [-0.2, -0.15) is 0 Å². The Morgan fingerprint density at radius 3 is 2.29 bits per heavy atom. The summed E-state index contributed by atoms with van der Waals surface area (Å²) in [6, 6.07) is 13.3. The molecule has 0 aliphatic heterocycles. The molecule has 6 atom stereocenters. The lowest BCUT2D eigenvalue weighted by Gasteiger charge is -2.52. The molecule has 2 saturated carbocycles. The summed E-state index contributed by atoms with van der Waals surface area (Å²) in [4.78, 5) is 68.1. The third-order valence-corrected chi connectivity index (χ3v) is 9.30. The molecule has 2 fully saturated rings. The van der Waals surface area contributed by atoms with Gasteiger partial charge in [0.1, 0.15) is 5.75 Å². The number of ketones is 4. The molecule has 1 amide bonds. The third-order valence-electron chi connectivity index (χ3n) is 9.04. The zero-order chi connectivity index (χ0) is 29.5. The van der Waals surface area contributed by atoms with E-state index in [1.54, 1.807) is 38.4 Å². The second-order valence-corrected chi connectivity index (χ2v) is 11.9. The van der Waals surface area contributed by atoms with Gasteiger partial charge in [0.25, 0.3) is 0 Å². The second-order valence-electron chi connectivity index (χ2n) is 11.5. The van der Waals surface area contributed by atoms with E-state index in [0.29, 0.717) is 21.4 Å². The van der Waals surface area contributed by atoms with E-state index in [-0.39, 0.29) is 24.2 Å². The first-order valence-electron chi connectivity index (χ1n) is 13.3. The minimum atomic E-state index is -2.74. The summed E-state index contributed by atoms with van der Waals surface area (Å²) in [7, 11) is 3.11. The summed E-state index contributed by atoms with van der Waals surface area (Å²) in [5, 5.41) is 24.8. The van der Waals surface area contributed by atoms with Crippen molar-refractivity contribution in [3.63, 3.8) is 0 Å². The van der Waals surface area contributed by atoms with Crippen LogP contribution in [0.1, 0.15) is 22.3 Å². The van der Waals surface area contributed by atoms with Crippen molar-refractivity contribution in [3.8, 4) is 16.9 Å². The van der Waals surface area contributed by atoms with Crippen molar-refractivity contribution in [3.05, 3.63) is 64.7 Å². The number of rotatable bonds is 3. The molecule has 3 aliphatic rings. The maximum atomic E-state index is 14.0. The lowest BCUT2D eigenvalue weighted by Crippen LogP contribution is -2.74. The van der Waals surface area contributed by atoms with E-state index >= 15 is 0 Å². The van der Waals surface area contributed by atoms with Crippen LogP contribution in [0.15, 0.2) is 48.5 Å². The van der Waals surface area contributed by atoms with Gasteiger partial charge in [0, 0.05) is 16.3 Å². The van der Waals surface area contributed by atoms with E-state index in [4.69, 9.17) is 17.3 Å². The van der Waals surface area contributed by atoms with Gasteiger partial charge in [0.15, 0.2) is 34.7 Å². The fourth-order valence-corrected chi connectivity index (χ4v) is 7.32. The summed E-state index contributed by atoms with van der Waals surface area (Å²) in [6.45, 7) is 0. The van der Waals surface area contributed by atoms with Gasteiger partial charge in [0.05, 0.1) is 17.5 Å². The molecule has 0 radical (unpaired) electrons. The Balaban J connectivity index is 1.46. The number of likely N-dealkylation sites (N-methyl/N-ethyl adjacent to an activating group) is 1. The van der Waals surface area contributed by atoms with Gasteiger partial charge in [0.2, 0.25) is 5.91 Å². The zero-order valence-corrected chi connectivity index (χ0v) is 23.0. The molecule has 10 heteroatoms. The molecule has 3 aromatic rings. The maximum absolute atomic E-state index is 14.0. The van der Waals surface area contributed by atoms with Crippen LogP contribution < -0.4 is 5.73 Å². The summed E-state index contributed by atoms with van der Waals surface area (Å²) in [5.41, 5.74) is 4.76. The number of nitrogens with two attached hydrogens (primary N) is 1. The highest BCUT2D eigenvalue weighted by Crippen LogP contribution is 2.51. The molecule has 0 aromatic heterocycles. The average Bonchev–Trinajstić information content (AvgIpc) is 2.90. The van der Waals surface area contributed by atoms with Crippen molar-refractivity contribution < 1.29 is 34.2 Å². The first-order chi connectivity index (χ1) is 19.4. The SMILES string of the molecule is CN(C)[C@@H]1C(=O)C(C(N)=O)C(=O)[C@@]2(O)C(=O)C3C(=O)c4c(cc5ccc(-c6ccc(Cl)cc6)cc5c4O)C[C@H]3C[C@@H]12. The average molecular weight is 575 g/mol. The molecule has 3 aromatic carbocycles. The molecule has 3 aliphatic carbocycles. The lowest BCUT2D eigenvalue weighted by atomic mass is 9.52. The number of halogens is 1. The van der Waals surface area contributed by atoms with Crippen LogP contribution in [0.3, 0.4) is 0 Å². The quantitative estimate of drug-likeness (QED) is 0.403. The number of phenolic OH excluding ortho intramolecular Hbond substituents is 1. The zero-order valence-electron chi connectivity index (χ0n) is 22.3. The normalized spacial score (nSPS) is 29.3. The number of aliphatic hydroxyl groups is 1. The highest BCUT2D eigenvalue weighted by atomic mass is 35.5. The summed E-state index contributed by atoms with van der Waals surface area (Å²) < 4.78 is 0. The van der Waals surface area contributed by atoms with Crippen LogP contribution in [0.4, 0.5) is 0 Å². The topological polar surface area (TPSA) is 155 Å². The van der Waals surface area contributed by atoms with Crippen LogP contribution in [0.5, 0.6) is 5.75 Å². The van der Waals surface area contributed by atoms with E-state index in [9.17, 15) is 34.2 Å². The smallest absolute Gasteiger partial charge is 0.235 e. The van der Waals surface area contributed by atoms with E-state index in [1.807, 2.05) is 24.3 Å². The molecule has 2 unspecified atom stereocenters. The second kappa shape index (κ2) is 9.30. The van der Waals surface area contributed by atoms with Crippen molar-refractivity contribution in [1.29, 1.82) is 0 Å². The molecule has 0 spiro atoms. The fraction of sp³-hybridized carbons (Fsp3) is 0.323. The first-order valence-corrected chi connectivity index (χ1v) is 13.6. The Hall–Kier alpha value is -3.92. The fourth-order valence-electron chi connectivity index (χ4n) is 7.19. The van der Waals surface area contributed by atoms with Gasteiger partial charge in [-0.05, 0) is 73.1 Å². The van der Waals surface area contributed by atoms with Gasteiger partial charge < -0.3 is 15.9 Å². The number of aromatic hydroxyl groups is 1. The summed E-state index contributed by atoms with van der Waals surface area (Å²) in [6.07, 6.45) is 0.229. The predicted octanol–water partition coefficient (Wildman–Crippen LogP) is 2.34. The highest BCUT2D eigenvalue weighted by molar-refractivity contribution is 6.32. The Morgan fingerprint density at radius 2 is 1.66 bits per heavy atom. The van der Waals surface area contributed by atoms with Gasteiger partial charge in [-0.15, -0.1) is 0 Å².